The average Bonchev–Trinajstić information content (AvgIpc) is 3.05. The predicted octanol–water partition coefficient (Wildman–Crippen LogP) is 5.88. The van der Waals surface area contributed by atoms with Gasteiger partial charge in [0.05, 0.1) is 16.8 Å². The molecule has 0 spiro atoms. The number of benzene rings is 2. The van der Waals surface area contributed by atoms with Crippen LogP contribution in [-0.2, 0) is 6.61 Å². The van der Waals surface area contributed by atoms with Crippen molar-refractivity contribution >= 4 is 45.6 Å². The number of nitriles is 2. The van der Waals surface area contributed by atoms with Crippen LogP contribution < -0.4 is 10.5 Å². The van der Waals surface area contributed by atoms with Gasteiger partial charge in [0.2, 0.25) is 0 Å². The van der Waals surface area contributed by atoms with Crippen LogP contribution in [0.3, 0.4) is 0 Å². The summed E-state index contributed by atoms with van der Waals surface area (Å²) < 4.78 is 7.09. The molecule has 0 atom stereocenters. The van der Waals surface area contributed by atoms with Gasteiger partial charge in [-0.05, 0) is 94.6 Å². The second-order valence-corrected chi connectivity index (χ2v) is 8.73. The number of allylic oxidation sites excluding steroid dienone is 3. The fourth-order valence-corrected chi connectivity index (χ4v) is 4.13. The third kappa shape index (κ3) is 3.98. The molecule has 1 aliphatic carbocycles. The molecule has 0 unspecified atom stereocenters. The second-order valence-electron chi connectivity index (χ2n) is 7.49. The molecule has 0 aliphatic heterocycles. The highest BCUT2D eigenvalue weighted by Gasteiger charge is 2.29. The standard InChI is InChI=1S/C26H19IN4O/c1-15-21(24-16(2)23(13-29)26(30)31-25(24)22(15)12-28)11-17-5-9-20(10-6-17)32-14-18-3-7-19(27)8-4-18/h3-11H,14H2,1-2H3,(H2,30,31)/b21-11-. The van der Waals surface area contributed by atoms with E-state index in [0.717, 1.165) is 39.1 Å². The molecule has 2 N–H and O–H groups in total. The number of nitrogen functional groups attached to an aromatic ring is 1. The predicted molar refractivity (Wildman–Crippen MR) is 134 cm³/mol. The van der Waals surface area contributed by atoms with Crippen molar-refractivity contribution in [1.82, 2.24) is 4.98 Å². The Balaban J connectivity index is 1.64. The third-order valence-corrected chi connectivity index (χ3v) is 6.21. The molecule has 1 aromatic heterocycles. The zero-order valence-electron chi connectivity index (χ0n) is 17.6. The van der Waals surface area contributed by atoms with E-state index < -0.39 is 0 Å². The minimum absolute atomic E-state index is 0.153. The molecule has 0 saturated heterocycles. The zero-order chi connectivity index (χ0) is 22.8. The van der Waals surface area contributed by atoms with Crippen LogP contribution in [0.1, 0.15) is 40.4 Å². The number of ether oxygens (including phenoxy) is 1. The van der Waals surface area contributed by atoms with Crippen molar-refractivity contribution in [1.29, 1.82) is 10.5 Å². The van der Waals surface area contributed by atoms with Crippen LogP contribution in [-0.4, -0.2) is 4.98 Å². The summed E-state index contributed by atoms with van der Waals surface area (Å²) in [5, 5.41) is 19.2. The molecule has 2 aromatic carbocycles. The average molecular weight is 530 g/mol. The van der Waals surface area contributed by atoms with Crippen LogP contribution in [0.5, 0.6) is 5.75 Å². The molecule has 6 heteroatoms. The van der Waals surface area contributed by atoms with E-state index >= 15 is 0 Å². The smallest absolute Gasteiger partial charge is 0.142 e. The van der Waals surface area contributed by atoms with E-state index in [1.807, 2.05) is 44.2 Å². The second kappa shape index (κ2) is 8.86. The lowest BCUT2D eigenvalue weighted by molar-refractivity contribution is 0.306. The summed E-state index contributed by atoms with van der Waals surface area (Å²) in [5.74, 6) is 0.931. The number of nitrogens with two attached hydrogens (primary N) is 1. The first-order valence-corrected chi connectivity index (χ1v) is 11.0. The van der Waals surface area contributed by atoms with Gasteiger partial charge in [0, 0.05) is 9.13 Å². The summed E-state index contributed by atoms with van der Waals surface area (Å²) in [5.41, 5.74) is 12.7. The largest absolute Gasteiger partial charge is 0.489 e. The summed E-state index contributed by atoms with van der Waals surface area (Å²) in [4.78, 5) is 4.37. The molecular weight excluding hydrogens is 511 g/mol. The Labute approximate surface area is 200 Å². The van der Waals surface area contributed by atoms with Gasteiger partial charge >= 0.3 is 0 Å². The van der Waals surface area contributed by atoms with Gasteiger partial charge in [-0.2, -0.15) is 10.5 Å². The number of hydrogen-bond acceptors (Lipinski definition) is 5. The molecule has 0 bridgehead atoms. The van der Waals surface area contributed by atoms with Gasteiger partial charge in [-0.3, -0.25) is 0 Å². The van der Waals surface area contributed by atoms with E-state index in [1.54, 1.807) is 0 Å². The molecule has 0 saturated carbocycles. The lowest BCUT2D eigenvalue weighted by Gasteiger charge is -2.11. The van der Waals surface area contributed by atoms with Gasteiger partial charge < -0.3 is 10.5 Å². The normalized spacial score (nSPS) is 13.6. The Morgan fingerprint density at radius 3 is 2.34 bits per heavy atom. The maximum Gasteiger partial charge on any atom is 0.142 e. The Bertz CT molecular complexity index is 1360. The monoisotopic (exact) mass is 530 g/mol. The summed E-state index contributed by atoms with van der Waals surface area (Å²) in [6, 6.07) is 20.4. The maximum absolute atomic E-state index is 9.68. The van der Waals surface area contributed by atoms with E-state index in [1.165, 1.54) is 3.57 Å². The lowest BCUT2D eigenvalue weighted by atomic mass is 9.95. The number of hydrogen-bond donors (Lipinski definition) is 1. The molecule has 0 amide bonds. The number of aromatic nitrogens is 1. The SMILES string of the molecule is CC1=C(C#N)c2nc(N)c(C#N)c(C)c2/C1=C\c1ccc(OCc2ccc(I)cc2)cc1. The Morgan fingerprint density at radius 2 is 1.72 bits per heavy atom. The van der Waals surface area contributed by atoms with E-state index in [0.29, 0.717) is 23.4 Å². The summed E-state index contributed by atoms with van der Waals surface area (Å²) in [6.07, 6.45) is 2.01. The number of fused-ring (bicyclic) bond motifs is 1. The van der Waals surface area contributed by atoms with Crippen LogP contribution in [0.2, 0.25) is 0 Å². The van der Waals surface area contributed by atoms with Crippen molar-refractivity contribution in [2.45, 2.75) is 20.5 Å². The van der Waals surface area contributed by atoms with E-state index in [2.05, 4.69) is 64.0 Å². The van der Waals surface area contributed by atoms with Gasteiger partial charge in [0.25, 0.3) is 0 Å². The Morgan fingerprint density at radius 1 is 1.03 bits per heavy atom. The van der Waals surface area contributed by atoms with Crippen LogP contribution in [0.25, 0.3) is 17.2 Å². The molecule has 1 heterocycles. The molecule has 0 fully saturated rings. The van der Waals surface area contributed by atoms with Crippen molar-refractivity contribution in [3.63, 3.8) is 0 Å². The van der Waals surface area contributed by atoms with E-state index in [-0.39, 0.29) is 5.82 Å². The highest BCUT2D eigenvalue weighted by Crippen LogP contribution is 2.44. The highest BCUT2D eigenvalue weighted by molar-refractivity contribution is 14.1. The van der Waals surface area contributed by atoms with Gasteiger partial charge in [-0.1, -0.05) is 24.3 Å². The number of anilines is 1. The zero-order valence-corrected chi connectivity index (χ0v) is 19.8. The summed E-state index contributed by atoms with van der Waals surface area (Å²) >= 11 is 2.28. The molecule has 5 nitrogen and oxygen atoms in total. The molecule has 156 valence electrons. The molecule has 1 aliphatic rings. The third-order valence-electron chi connectivity index (χ3n) is 5.49. The first-order valence-electron chi connectivity index (χ1n) is 9.94. The minimum Gasteiger partial charge on any atom is -0.489 e. The molecule has 3 aromatic rings. The minimum atomic E-state index is 0.153. The Hall–Kier alpha value is -3.62. The lowest BCUT2D eigenvalue weighted by Crippen LogP contribution is -2.03. The van der Waals surface area contributed by atoms with Gasteiger partial charge in [0.1, 0.15) is 30.3 Å². The Kier molecular flexibility index (Phi) is 5.98. The summed E-state index contributed by atoms with van der Waals surface area (Å²) in [7, 11) is 0. The van der Waals surface area contributed by atoms with Gasteiger partial charge in [0.15, 0.2) is 0 Å². The van der Waals surface area contributed by atoms with Crippen molar-refractivity contribution in [3.05, 3.63) is 91.2 Å². The van der Waals surface area contributed by atoms with Crippen molar-refractivity contribution in [2.24, 2.45) is 0 Å². The molecular formula is C26H19IN4O. The van der Waals surface area contributed by atoms with Crippen LogP contribution in [0.4, 0.5) is 5.82 Å². The van der Waals surface area contributed by atoms with Crippen LogP contribution in [0, 0.1) is 33.2 Å². The first-order chi connectivity index (χ1) is 15.4. The fraction of sp³-hybridized carbons (Fsp3) is 0.115. The van der Waals surface area contributed by atoms with Crippen LogP contribution in [0.15, 0.2) is 54.1 Å². The van der Waals surface area contributed by atoms with Gasteiger partial charge in [-0.25, -0.2) is 4.98 Å². The molecule has 0 radical (unpaired) electrons. The van der Waals surface area contributed by atoms with Crippen molar-refractivity contribution < 1.29 is 4.74 Å². The van der Waals surface area contributed by atoms with Crippen molar-refractivity contribution in [3.8, 4) is 17.9 Å². The van der Waals surface area contributed by atoms with E-state index in [9.17, 15) is 10.5 Å². The molecule has 32 heavy (non-hydrogen) atoms. The fourth-order valence-electron chi connectivity index (χ4n) is 3.77. The topological polar surface area (TPSA) is 95.7 Å². The van der Waals surface area contributed by atoms with E-state index in [4.69, 9.17) is 10.5 Å². The number of halogens is 1. The number of rotatable bonds is 4. The summed E-state index contributed by atoms with van der Waals surface area (Å²) in [6.45, 7) is 4.24. The van der Waals surface area contributed by atoms with Crippen molar-refractivity contribution in [2.75, 3.05) is 5.73 Å². The van der Waals surface area contributed by atoms with Gasteiger partial charge in [-0.15, -0.1) is 0 Å². The van der Waals surface area contributed by atoms with Crippen LogP contribution >= 0.6 is 22.6 Å². The molecule has 4 rings (SSSR count). The maximum atomic E-state index is 9.68. The number of nitrogens with zero attached hydrogens (tertiary/aromatic N) is 3. The first kappa shape index (κ1) is 21.6. The quantitative estimate of drug-likeness (QED) is 0.425. The number of pyridine rings is 1. The highest BCUT2D eigenvalue weighted by atomic mass is 127.